The first kappa shape index (κ1) is 20.6. The van der Waals surface area contributed by atoms with Crippen molar-refractivity contribution in [3.05, 3.63) is 0 Å². The Labute approximate surface area is 124 Å². The molecule has 0 aliphatic heterocycles. The molecule has 23 heavy (non-hydrogen) atoms. The van der Waals surface area contributed by atoms with Gasteiger partial charge in [0.25, 0.3) is 0 Å². The van der Waals surface area contributed by atoms with Crippen molar-refractivity contribution >= 4 is 7.60 Å². The van der Waals surface area contributed by atoms with Gasteiger partial charge >= 0.3 is 23.7 Å². The summed E-state index contributed by atoms with van der Waals surface area (Å²) in [7, 11) is -7.06. The van der Waals surface area contributed by atoms with Crippen LogP contribution in [0.4, 0.5) is 39.5 Å². The molecule has 0 bridgehead atoms. The summed E-state index contributed by atoms with van der Waals surface area (Å²) in [5, 5.41) is 0. The first-order valence-corrected chi connectivity index (χ1v) is 7.82. The van der Waals surface area contributed by atoms with E-state index in [4.69, 9.17) is 0 Å². The molecule has 0 N–H and O–H groups in total. The second-order valence-electron chi connectivity index (χ2n) is 5.05. The lowest BCUT2D eigenvalue weighted by Crippen LogP contribution is -2.61. The molecular weight excluding hydrogens is 370 g/mol. The van der Waals surface area contributed by atoms with Crippen molar-refractivity contribution in [3.63, 3.8) is 0 Å². The molecule has 0 heterocycles. The fraction of sp³-hybridized carbons (Fsp3) is 1.00. The molecule has 1 atom stereocenters. The molecule has 0 spiro atoms. The molecule has 0 aromatic carbocycles. The molecule has 1 fully saturated rings. The normalized spacial score (nSPS) is 22.0. The summed E-state index contributed by atoms with van der Waals surface area (Å²) in [4.78, 5) is 11.2. The van der Waals surface area contributed by atoms with Gasteiger partial charge in [-0.2, -0.15) is 39.5 Å². The Hall–Kier alpha value is -0.480. The van der Waals surface area contributed by atoms with Gasteiger partial charge in [0.2, 0.25) is 7.60 Å². The maximum atomic E-state index is 13.3. The van der Waals surface area contributed by atoms with Crippen LogP contribution in [0.3, 0.4) is 0 Å². The van der Waals surface area contributed by atoms with Gasteiger partial charge in [-0.15, -0.1) is 0 Å². The largest absolute Gasteiger partial charge is 0.774 e. The molecule has 0 saturated heterocycles. The van der Waals surface area contributed by atoms with Gasteiger partial charge in [-0.25, -0.2) is 0 Å². The van der Waals surface area contributed by atoms with E-state index in [0.29, 0.717) is 19.3 Å². The van der Waals surface area contributed by atoms with E-state index in [-0.39, 0.29) is 12.8 Å². The predicted molar refractivity (Wildman–Crippen MR) is 56.5 cm³/mol. The third-order valence-corrected chi connectivity index (χ3v) is 4.86. The van der Waals surface area contributed by atoms with Crippen LogP contribution in [0, 0.1) is 0 Å². The quantitative estimate of drug-likeness (QED) is 0.527. The van der Waals surface area contributed by atoms with Crippen LogP contribution >= 0.6 is 7.60 Å². The summed E-state index contributed by atoms with van der Waals surface area (Å²) in [6.07, 6.45) is -7.58. The van der Waals surface area contributed by atoms with E-state index in [1.165, 1.54) is 0 Å². The van der Waals surface area contributed by atoms with Gasteiger partial charge < -0.3 is 14.0 Å². The fourth-order valence-electron chi connectivity index (χ4n) is 1.97. The van der Waals surface area contributed by atoms with Crippen LogP contribution in [0.2, 0.25) is 0 Å². The van der Waals surface area contributed by atoms with Gasteiger partial charge in [-0.05, 0) is 12.8 Å². The highest BCUT2D eigenvalue weighted by atomic mass is 31.2. The van der Waals surface area contributed by atoms with E-state index in [1.807, 2.05) is 0 Å². The van der Waals surface area contributed by atoms with Crippen molar-refractivity contribution in [2.24, 2.45) is 0 Å². The molecule has 1 saturated carbocycles. The van der Waals surface area contributed by atoms with Crippen LogP contribution in [0.5, 0.6) is 0 Å². The Kier molecular flexibility index (Phi) is 5.46. The summed E-state index contributed by atoms with van der Waals surface area (Å²) in [5.41, 5.74) is -6.74. The first-order valence-electron chi connectivity index (χ1n) is 6.27. The minimum atomic E-state index is -7.26. The predicted octanol–water partition coefficient (Wildman–Crippen LogP) is 4.31. The first-order chi connectivity index (χ1) is 10.1. The Bertz CT molecular complexity index is 471. The Morgan fingerprint density at radius 1 is 0.826 bits per heavy atom. The van der Waals surface area contributed by atoms with Crippen LogP contribution < -0.4 is 4.89 Å². The molecule has 13 heteroatoms. The monoisotopic (exact) mass is 381 g/mol. The number of alkyl halides is 9. The van der Waals surface area contributed by atoms with Crippen molar-refractivity contribution in [1.29, 1.82) is 0 Å². The summed E-state index contributed by atoms with van der Waals surface area (Å²) >= 11 is 0. The van der Waals surface area contributed by atoms with Crippen LogP contribution in [0.1, 0.15) is 32.1 Å². The standard InChI is InChI=1S/C10H12F9O3P/c11-7(12,9(15,16)17)8(13,14)10(18,19)23(20,21)22-6-4-2-1-3-5-6/h6H,1-5H2,(H,20,21)/p-1. The van der Waals surface area contributed by atoms with E-state index in [0.717, 1.165) is 0 Å². The molecule has 3 nitrogen and oxygen atoms in total. The van der Waals surface area contributed by atoms with Crippen molar-refractivity contribution in [2.45, 2.75) is 61.9 Å². The highest BCUT2D eigenvalue weighted by molar-refractivity contribution is 7.52. The number of halogens is 9. The van der Waals surface area contributed by atoms with E-state index in [1.54, 1.807) is 0 Å². The molecule has 0 aromatic rings. The summed E-state index contributed by atoms with van der Waals surface area (Å²) in [5.74, 6) is -14.5. The van der Waals surface area contributed by atoms with Crippen LogP contribution in [0.15, 0.2) is 0 Å². The van der Waals surface area contributed by atoms with E-state index < -0.39 is 37.4 Å². The third kappa shape index (κ3) is 3.48. The topological polar surface area (TPSA) is 49.4 Å². The minimum Gasteiger partial charge on any atom is -0.774 e. The molecule has 0 radical (unpaired) electrons. The maximum absolute atomic E-state index is 13.3. The highest BCUT2D eigenvalue weighted by Crippen LogP contribution is 2.66. The zero-order chi connectivity index (χ0) is 18.3. The Morgan fingerprint density at radius 2 is 1.26 bits per heavy atom. The smallest absolute Gasteiger partial charge is 0.460 e. The number of hydrogen-bond acceptors (Lipinski definition) is 3. The molecular formula is C10H11F9O3P-. The molecule has 0 amide bonds. The SMILES string of the molecule is O=P([O-])(OC1CCCCC1)C(F)(F)C(F)(F)C(F)(F)C(F)(F)F. The molecule has 1 aliphatic rings. The van der Waals surface area contributed by atoms with Gasteiger partial charge in [0.1, 0.15) is 0 Å². The van der Waals surface area contributed by atoms with Gasteiger partial charge in [0.15, 0.2) is 0 Å². The zero-order valence-corrected chi connectivity index (χ0v) is 12.1. The summed E-state index contributed by atoms with van der Waals surface area (Å²) < 4.78 is 129. The third-order valence-electron chi connectivity index (χ3n) is 3.31. The highest BCUT2D eigenvalue weighted by Gasteiger charge is 2.84. The van der Waals surface area contributed by atoms with Crippen LogP contribution in [-0.4, -0.2) is 29.8 Å². The van der Waals surface area contributed by atoms with Crippen LogP contribution in [-0.2, 0) is 9.09 Å². The second-order valence-corrected chi connectivity index (χ2v) is 6.82. The average molecular weight is 381 g/mol. The van der Waals surface area contributed by atoms with Crippen molar-refractivity contribution in [2.75, 3.05) is 0 Å². The van der Waals surface area contributed by atoms with Gasteiger partial charge in [0, 0.05) is 0 Å². The molecule has 1 aliphatic carbocycles. The zero-order valence-electron chi connectivity index (χ0n) is 11.2. The lowest BCUT2D eigenvalue weighted by atomic mass is 9.98. The van der Waals surface area contributed by atoms with Crippen LogP contribution in [0.25, 0.3) is 0 Å². The Morgan fingerprint density at radius 3 is 1.65 bits per heavy atom. The maximum Gasteiger partial charge on any atom is 0.460 e. The molecule has 138 valence electrons. The molecule has 0 aromatic heterocycles. The minimum absolute atomic E-state index is 0.121. The van der Waals surface area contributed by atoms with Crippen molar-refractivity contribution in [1.82, 2.24) is 0 Å². The average Bonchev–Trinajstić information content (AvgIpc) is 2.37. The lowest BCUT2D eigenvalue weighted by Gasteiger charge is -2.41. The number of hydrogen-bond donors (Lipinski definition) is 0. The van der Waals surface area contributed by atoms with E-state index >= 15 is 0 Å². The fourth-order valence-corrected chi connectivity index (χ4v) is 3.19. The van der Waals surface area contributed by atoms with Gasteiger partial charge in [-0.1, -0.05) is 19.3 Å². The van der Waals surface area contributed by atoms with E-state index in [9.17, 15) is 49.0 Å². The summed E-state index contributed by atoms with van der Waals surface area (Å²) in [6, 6.07) is 0. The molecule has 1 unspecified atom stereocenters. The van der Waals surface area contributed by atoms with Gasteiger partial charge in [-0.3, -0.25) is 0 Å². The lowest BCUT2D eigenvalue weighted by molar-refractivity contribution is -0.390. The molecule has 1 rings (SSSR count). The van der Waals surface area contributed by atoms with Crippen molar-refractivity contribution in [3.8, 4) is 0 Å². The van der Waals surface area contributed by atoms with Crippen molar-refractivity contribution < 1.29 is 53.5 Å². The second kappa shape index (κ2) is 6.11. The summed E-state index contributed by atoms with van der Waals surface area (Å²) in [6.45, 7) is 0. The number of rotatable bonds is 5. The van der Waals surface area contributed by atoms with E-state index in [2.05, 4.69) is 4.52 Å². The van der Waals surface area contributed by atoms with Gasteiger partial charge in [0.05, 0.1) is 6.10 Å². The Balaban J connectivity index is 3.13.